The van der Waals surface area contributed by atoms with Crippen LogP contribution in [0.3, 0.4) is 0 Å². The van der Waals surface area contributed by atoms with Gasteiger partial charge < -0.3 is 10.6 Å². The molecule has 0 saturated heterocycles. The van der Waals surface area contributed by atoms with E-state index in [1.54, 1.807) is 42.5 Å². The van der Waals surface area contributed by atoms with Gasteiger partial charge in [0, 0.05) is 36.0 Å². The lowest BCUT2D eigenvalue weighted by atomic mass is 10.1. The molecule has 0 atom stereocenters. The summed E-state index contributed by atoms with van der Waals surface area (Å²) in [5.41, 5.74) is 1.63. The molecular formula is C20H21N3O4. The van der Waals surface area contributed by atoms with Gasteiger partial charge in [0.25, 0.3) is 11.6 Å². The van der Waals surface area contributed by atoms with Crippen LogP contribution in [0.2, 0.25) is 0 Å². The Labute approximate surface area is 157 Å². The van der Waals surface area contributed by atoms with Crippen molar-refractivity contribution in [1.29, 1.82) is 0 Å². The molecule has 2 aromatic rings. The fraction of sp³-hybridized carbons (Fsp3) is 0.200. The highest BCUT2D eigenvalue weighted by atomic mass is 16.6. The average Bonchev–Trinajstić information content (AvgIpc) is 2.65. The van der Waals surface area contributed by atoms with E-state index >= 15 is 0 Å². The van der Waals surface area contributed by atoms with E-state index in [0.717, 1.165) is 0 Å². The van der Waals surface area contributed by atoms with Gasteiger partial charge in [-0.25, -0.2) is 0 Å². The van der Waals surface area contributed by atoms with Gasteiger partial charge in [-0.05, 0) is 47.9 Å². The maximum Gasteiger partial charge on any atom is 0.269 e. The molecule has 0 aliphatic carbocycles. The van der Waals surface area contributed by atoms with Crippen molar-refractivity contribution in [2.75, 3.05) is 11.9 Å². The molecule has 7 heteroatoms. The molecule has 2 N–H and O–H groups in total. The van der Waals surface area contributed by atoms with E-state index in [1.165, 1.54) is 18.2 Å². The lowest BCUT2D eigenvalue weighted by molar-refractivity contribution is -0.384. The minimum atomic E-state index is -0.482. The van der Waals surface area contributed by atoms with E-state index in [4.69, 9.17) is 0 Å². The first kappa shape index (κ1) is 19.8. The Morgan fingerprint density at radius 1 is 1.15 bits per heavy atom. The second-order valence-electron chi connectivity index (χ2n) is 6.36. The molecule has 0 saturated carbocycles. The zero-order valence-electron chi connectivity index (χ0n) is 15.1. The largest absolute Gasteiger partial charge is 0.352 e. The maximum atomic E-state index is 12.1. The van der Waals surface area contributed by atoms with Crippen LogP contribution in [0.1, 0.15) is 29.8 Å². The van der Waals surface area contributed by atoms with E-state index in [1.807, 2.05) is 13.8 Å². The fourth-order valence-corrected chi connectivity index (χ4v) is 2.20. The zero-order valence-corrected chi connectivity index (χ0v) is 15.1. The first-order chi connectivity index (χ1) is 12.8. The van der Waals surface area contributed by atoms with Crippen LogP contribution in [0.4, 0.5) is 11.4 Å². The molecule has 0 bridgehead atoms. The van der Waals surface area contributed by atoms with Crippen LogP contribution in [-0.4, -0.2) is 23.3 Å². The van der Waals surface area contributed by atoms with Crippen molar-refractivity contribution < 1.29 is 14.5 Å². The lowest BCUT2D eigenvalue weighted by Gasteiger charge is -2.09. The van der Waals surface area contributed by atoms with Gasteiger partial charge in [-0.2, -0.15) is 0 Å². The van der Waals surface area contributed by atoms with E-state index in [-0.39, 0.29) is 17.5 Å². The lowest BCUT2D eigenvalue weighted by Crippen LogP contribution is -2.27. The van der Waals surface area contributed by atoms with Gasteiger partial charge in [0.1, 0.15) is 0 Å². The third-order valence-corrected chi connectivity index (χ3v) is 3.59. The highest BCUT2D eigenvalue weighted by Gasteiger charge is 2.08. The first-order valence-corrected chi connectivity index (χ1v) is 8.47. The molecule has 0 heterocycles. The molecular weight excluding hydrogens is 346 g/mol. The predicted octanol–water partition coefficient (Wildman–Crippen LogP) is 3.63. The standard InChI is InChI=1S/C20H21N3O4/c1-14(2)13-21-20(25)16-4-3-5-17(12-16)22-19(24)11-8-15-6-9-18(10-7-15)23(26)27/h3-12,14H,13H2,1-2H3,(H,21,25)(H,22,24). The number of benzene rings is 2. The third kappa shape index (κ3) is 6.39. The SMILES string of the molecule is CC(C)CNC(=O)c1cccc(NC(=O)C=Cc2ccc([N+](=O)[O-])cc2)c1. The summed E-state index contributed by atoms with van der Waals surface area (Å²) in [5, 5.41) is 16.1. The number of carbonyl (C=O) groups excluding carboxylic acids is 2. The normalized spacial score (nSPS) is 10.8. The Hall–Kier alpha value is -3.48. The molecule has 2 amide bonds. The van der Waals surface area contributed by atoms with Crippen molar-refractivity contribution in [3.05, 3.63) is 75.8 Å². The van der Waals surface area contributed by atoms with Crippen LogP contribution in [0.25, 0.3) is 6.08 Å². The highest BCUT2D eigenvalue weighted by molar-refractivity contribution is 6.03. The van der Waals surface area contributed by atoms with Gasteiger partial charge in [0.2, 0.25) is 5.91 Å². The van der Waals surface area contributed by atoms with E-state index in [9.17, 15) is 19.7 Å². The Balaban J connectivity index is 1.98. The number of carbonyl (C=O) groups is 2. The minimum absolute atomic E-state index is 0.0100. The van der Waals surface area contributed by atoms with Crippen molar-refractivity contribution in [3.63, 3.8) is 0 Å². The van der Waals surface area contributed by atoms with Crippen LogP contribution in [0, 0.1) is 16.0 Å². The zero-order chi connectivity index (χ0) is 19.8. The summed E-state index contributed by atoms with van der Waals surface area (Å²) >= 11 is 0. The molecule has 0 spiro atoms. The minimum Gasteiger partial charge on any atom is -0.352 e. The van der Waals surface area contributed by atoms with Crippen LogP contribution in [0.5, 0.6) is 0 Å². The van der Waals surface area contributed by atoms with Crippen molar-refractivity contribution in [2.24, 2.45) is 5.92 Å². The van der Waals surface area contributed by atoms with Gasteiger partial charge in [0.05, 0.1) is 4.92 Å². The van der Waals surface area contributed by atoms with Gasteiger partial charge in [0.15, 0.2) is 0 Å². The second-order valence-corrected chi connectivity index (χ2v) is 6.36. The summed E-state index contributed by atoms with van der Waals surface area (Å²) in [5.74, 6) is -0.212. The van der Waals surface area contributed by atoms with E-state index in [0.29, 0.717) is 29.3 Å². The number of rotatable bonds is 7. The van der Waals surface area contributed by atoms with Crippen molar-refractivity contribution in [2.45, 2.75) is 13.8 Å². The van der Waals surface area contributed by atoms with Crippen molar-refractivity contribution in [1.82, 2.24) is 5.32 Å². The number of hydrogen-bond acceptors (Lipinski definition) is 4. The number of nitrogens with one attached hydrogen (secondary N) is 2. The second kappa shape index (κ2) is 9.28. The molecule has 2 aromatic carbocycles. The first-order valence-electron chi connectivity index (χ1n) is 8.47. The molecule has 0 unspecified atom stereocenters. The average molecular weight is 367 g/mol. The number of nitro benzene ring substituents is 1. The molecule has 2 rings (SSSR count). The topological polar surface area (TPSA) is 101 Å². The monoisotopic (exact) mass is 367 g/mol. The summed E-state index contributed by atoms with van der Waals surface area (Å²) in [6.45, 7) is 4.59. The quantitative estimate of drug-likeness (QED) is 0.443. The van der Waals surface area contributed by atoms with Gasteiger partial charge >= 0.3 is 0 Å². The van der Waals surface area contributed by atoms with Gasteiger partial charge in [-0.15, -0.1) is 0 Å². The molecule has 0 aliphatic rings. The van der Waals surface area contributed by atoms with Crippen LogP contribution in [0.15, 0.2) is 54.6 Å². The summed E-state index contributed by atoms with van der Waals surface area (Å²) in [4.78, 5) is 34.3. The van der Waals surface area contributed by atoms with Crippen molar-refractivity contribution in [3.8, 4) is 0 Å². The molecule has 0 aromatic heterocycles. The summed E-state index contributed by atoms with van der Waals surface area (Å²) in [6.07, 6.45) is 2.88. The summed E-state index contributed by atoms with van der Waals surface area (Å²) in [6, 6.07) is 12.5. The van der Waals surface area contributed by atoms with Crippen LogP contribution in [-0.2, 0) is 4.79 Å². The number of nitro groups is 1. The summed E-state index contributed by atoms with van der Waals surface area (Å²) < 4.78 is 0. The Kier molecular flexibility index (Phi) is 6.82. The molecule has 27 heavy (non-hydrogen) atoms. The number of non-ortho nitro benzene ring substituents is 1. The fourth-order valence-electron chi connectivity index (χ4n) is 2.20. The Morgan fingerprint density at radius 2 is 1.85 bits per heavy atom. The van der Waals surface area contributed by atoms with Crippen LogP contribution < -0.4 is 10.6 Å². The van der Waals surface area contributed by atoms with E-state index in [2.05, 4.69) is 10.6 Å². The maximum absolute atomic E-state index is 12.1. The number of amides is 2. The van der Waals surface area contributed by atoms with Gasteiger partial charge in [-0.3, -0.25) is 19.7 Å². The van der Waals surface area contributed by atoms with Crippen molar-refractivity contribution >= 4 is 29.3 Å². The smallest absolute Gasteiger partial charge is 0.269 e. The van der Waals surface area contributed by atoms with Gasteiger partial charge in [-0.1, -0.05) is 19.9 Å². The Bertz CT molecular complexity index is 858. The highest BCUT2D eigenvalue weighted by Crippen LogP contribution is 2.14. The molecule has 0 aliphatic heterocycles. The molecule has 0 fully saturated rings. The number of hydrogen-bond donors (Lipinski definition) is 2. The molecule has 140 valence electrons. The predicted molar refractivity (Wildman–Crippen MR) is 104 cm³/mol. The van der Waals surface area contributed by atoms with E-state index < -0.39 is 4.92 Å². The number of nitrogens with zero attached hydrogens (tertiary/aromatic N) is 1. The van der Waals surface area contributed by atoms with Crippen LogP contribution >= 0.6 is 0 Å². The Morgan fingerprint density at radius 3 is 2.48 bits per heavy atom. The molecule has 7 nitrogen and oxygen atoms in total. The third-order valence-electron chi connectivity index (χ3n) is 3.59. The summed E-state index contributed by atoms with van der Waals surface area (Å²) in [7, 11) is 0. The molecule has 0 radical (unpaired) electrons. The number of anilines is 1.